The van der Waals surface area contributed by atoms with Crippen molar-refractivity contribution in [1.29, 1.82) is 0 Å². The number of nitrogens with zero attached hydrogens (tertiary/aromatic N) is 2. The summed E-state index contributed by atoms with van der Waals surface area (Å²) in [6.45, 7) is 4.92. The summed E-state index contributed by atoms with van der Waals surface area (Å²) in [5.74, 6) is -0.340. The minimum atomic E-state index is -0.443. The van der Waals surface area contributed by atoms with Gasteiger partial charge in [-0.15, -0.1) is 0 Å². The Bertz CT molecular complexity index is 378. The van der Waals surface area contributed by atoms with Crippen molar-refractivity contribution < 1.29 is 9.53 Å². The lowest BCUT2D eigenvalue weighted by Crippen LogP contribution is -2.15. The molecule has 15 heavy (non-hydrogen) atoms. The second-order valence-electron chi connectivity index (χ2n) is 3.13. The molecule has 0 N–H and O–H groups in total. The zero-order valence-electron chi connectivity index (χ0n) is 8.75. The summed E-state index contributed by atoms with van der Waals surface area (Å²) in [5, 5.41) is 5.38. The Kier molecular flexibility index (Phi) is 4.16. The number of hydrogen-bond donors (Lipinski definition) is 0. The summed E-state index contributed by atoms with van der Waals surface area (Å²) >= 11 is 9.36. The van der Waals surface area contributed by atoms with Gasteiger partial charge in [0.05, 0.1) is 16.4 Å². The van der Waals surface area contributed by atoms with Crippen LogP contribution in [0.25, 0.3) is 0 Å². The monoisotopic (exact) mass is 294 g/mol. The minimum Gasteiger partial charge on any atom is -0.440 e. The van der Waals surface area contributed by atoms with Crippen molar-refractivity contribution >= 4 is 33.5 Å². The Morgan fingerprint density at radius 1 is 1.73 bits per heavy atom. The van der Waals surface area contributed by atoms with Gasteiger partial charge in [0, 0.05) is 12.3 Å². The molecule has 1 heterocycles. The summed E-state index contributed by atoms with van der Waals surface area (Å²) in [7, 11) is 0. The van der Waals surface area contributed by atoms with E-state index in [1.165, 1.54) is 6.92 Å². The van der Waals surface area contributed by atoms with Gasteiger partial charge in [-0.05, 0) is 13.8 Å². The number of halogens is 2. The van der Waals surface area contributed by atoms with Crippen molar-refractivity contribution in [3.8, 4) is 0 Å². The van der Waals surface area contributed by atoms with Gasteiger partial charge in [-0.1, -0.05) is 27.5 Å². The first-order valence-corrected chi connectivity index (χ1v) is 5.94. The third-order valence-corrected chi connectivity index (χ3v) is 2.94. The zero-order valence-corrected chi connectivity index (χ0v) is 11.1. The van der Waals surface area contributed by atoms with Gasteiger partial charge in [0.15, 0.2) is 6.23 Å². The summed E-state index contributed by atoms with van der Waals surface area (Å²) in [6.07, 6.45) is -0.443. The smallest absolute Gasteiger partial charge is 0.304 e. The van der Waals surface area contributed by atoms with E-state index in [2.05, 4.69) is 21.0 Å². The lowest BCUT2D eigenvalue weighted by atomic mass is 10.4. The van der Waals surface area contributed by atoms with Crippen LogP contribution in [0.2, 0.25) is 5.02 Å². The van der Waals surface area contributed by atoms with Gasteiger partial charge in [0.2, 0.25) is 0 Å². The zero-order chi connectivity index (χ0) is 11.6. The maximum Gasteiger partial charge on any atom is 0.304 e. The summed E-state index contributed by atoms with van der Waals surface area (Å²) in [5.41, 5.74) is 1.54. The largest absolute Gasteiger partial charge is 0.440 e. The summed E-state index contributed by atoms with van der Waals surface area (Å²) in [6, 6.07) is 0. The van der Waals surface area contributed by atoms with Gasteiger partial charge in [0.25, 0.3) is 0 Å². The number of ether oxygens (including phenoxy) is 1. The Labute approximate surface area is 102 Å². The number of rotatable bonds is 3. The molecular weight excluding hydrogens is 283 g/mol. The third-order valence-electron chi connectivity index (χ3n) is 1.91. The van der Waals surface area contributed by atoms with E-state index in [4.69, 9.17) is 16.3 Å². The molecule has 0 aromatic carbocycles. The highest BCUT2D eigenvalue weighted by atomic mass is 79.9. The van der Waals surface area contributed by atoms with Crippen molar-refractivity contribution in [1.82, 2.24) is 9.78 Å². The predicted octanol–water partition coefficient (Wildman–Crippen LogP) is 2.82. The maximum absolute atomic E-state index is 10.8. The molecule has 1 unspecified atom stereocenters. The quantitative estimate of drug-likeness (QED) is 0.636. The Morgan fingerprint density at radius 2 is 2.33 bits per heavy atom. The lowest BCUT2D eigenvalue weighted by molar-refractivity contribution is -0.150. The van der Waals surface area contributed by atoms with Crippen LogP contribution in [-0.4, -0.2) is 15.7 Å². The van der Waals surface area contributed by atoms with Gasteiger partial charge < -0.3 is 4.74 Å². The van der Waals surface area contributed by atoms with Crippen molar-refractivity contribution in [2.24, 2.45) is 0 Å². The number of esters is 1. The topological polar surface area (TPSA) is 44.1 Å². The average Bonchev–Trinajstić information content (AvgIpc) is 2.42. The highest BCUT2D eigenvalue weighted by molar-refractivity contribution is 9.08. The highest BCUT2D eigenvalue weighted by Crippen LogP contribution is 2.25. The van der Waals surface area contributed by atoms with Crippen molar-refractivity contribution in [2.75, 3.05) is 0 Å². The van der Waals surface area contributed by atoms with Gasteiger partial charge in [-0.25, -0.2) is 4.68 Å². The fourth-order valence-electron chi connectivity index (χ4n) is 1.29. The number of hydrogen-bond acceptors (Lipinski definition) is 3. The molecule has 0 bridgehead atoms. The van der Waals surface area contributed by atoms with Crippen LogP contribution in [0.3, 0.4) is 0 Å². The third kappa shape index (κ3) is 2.72. The number of carbonyl (C=O) groups is 1. The van der Waals surface area contributed by atoms with Crippen molar-refractivity contribution in [3.63, 3.8) is 0 Å². The molecule has 0 spiro atoms. The number of aryl methyl sites for hydroxylation is 1. The van der Waals surface area contributed by atoms with Crippen LogP contribution in [0, 0.1) is 6.92 Å². The average molecular weight is 296 g/mol. The number of aromatic nitrogens is 2. The van der Waals surface area contributed by atoms with Crippen molar-refractivity contribution in [3.05, 3.63) is 16.4 Å². The van der Waals surface area contributed by atoms with E-state index in [0.717, 1.165) is 11.4 Å². The van der Waals surface area contributed by atoms with Crippen LogP contribution >= 0.6 is 27.5 Å². The highest BCUT2D eigenvalue weighted by Gasteiger charge is 2.18. The van der Waals surface area contributed by atoms with Crippen LogP contribution in [0.4, 0.5) is 0 Å². The van der Waals surface area contributed by atoms with E-state index in [0.29, 0.717) is 10.4 Å². The molecule has 0 aliphatic rings. The number of carbonyl (C=O) groups excluding carboxylic acids is 1. The molecule has 4 nitrogen and oxygen atoms in total. The number of alkyl halides is 1. The van der Waals surface area contributed by atoms with Crippen LogP contribution in [0.1, 0.15) is 31.5 Å². The fourth-order valence-corrected chi connectivity index (χ4v) is 2.18. The Balaban J connectivity index is 3.02. The molecule has 1 rings (SSSR count). The maximum atomic E-state index is 10.8. The first-order valence-electron chi connectivity index (χ1n) is 4.44. The fraction of sp³-hybridized carbons (Fsp3) is 0.556. The molecule has 6 heteroatoms. The van der Waals surface area contributed by atoms with Crippen LogP contribution < -0.4 is 0 Å². The predicted molar refractivity (Wildman–Crippen MR) is 61.1 cm³/mol. The minimum absolute atomic E-state index is 0.340. The van der Waals surface area contributed by atoms with E-state index in [9.17, 15) is 4.79 Å². The second-order valence-corrected chi connectivity index (χ2v) is 4.07. The van der Waals surface area contributed by atoms with Gasteiger partial charge >= 0.3 is 5.97 Å². The summed E-state index contributed by atoms with van der Waals surface area (Å²) < 4.78 is 6.63. The second kappa shape index (κ2) is 4.99. The Morgan fingerprint density at radius 3 is 2.80 bits per heavy atom. The first kappa shape index (κ1) is 12.5. The van der Waals surface area contributed by atoms with Crippen LogP contribution in [0.5, 0.6) is 0 Å². The lowest BCUT2D eigenvalue weighted by Gasteiger charge is -2.14. The van der Waals surface area contributed by atoms with Gasteiger partial charge in [0.1, 0.15) is 0 Å². The van der Waals surface area contributed by atoms with E-state index in [1.54, 1.807) is 11.6 Å². The molecule has 1 aromatic rings. The summed E-state index contributed by atoms with van der Waals surface area (Å²) in [4.78, 5) is 10.8. The van der Waals surface area contributed by atoms with Crippen molar-refractivity contribution in [2.45, 2.75) is 32.3 Å². The standard InChI is InChI=1S/C9H12BrClN2O2/c1-5-9(11)8(4-10)13(12-5)6(2)15-7(3)14/h6H,4H2,1-3H3. The molecule has 0 fully saturated rings. The normalized spacial score (nSPS) is 12.6. The molecule has 0 saturated heterocycles. The first-order chi connectivity index (χ1) is 6.97. The van der Waals surface area contributed by atoms with E-state index >= 15 is 0 Å². The van der Waals surface area contributed by atoms with Gasteiger partial charge in [-0.2, -0.15) is 5.10 Å². The van der Waals surface area contributed by atoms with E-state index in [1.807, 2.05) is 6.92 Å². The molecule has 1 atom stereocenters. The molecular formula is C9H12BrClN2O2. The Hall–Kier alpha value is -0.550. The molecule has 1 aromatic heterocycles. The molecule has 0 radical (unpaired) electrons. The van der Waals surface area contributed by atoms with E-state index < -0.39 is 6.23 Å². The molecule has 0 aliphatic heterocycles. The SMILES string of the molecule is CC(=O)OC(C)n1nc(C)c(Cl)c1CBr. The molecule has 0 aliphatic carbocycles. The van der Waals surface area contributed by atoms with Gasteiger partial charge in [-0.3, -0.25) is 4.79 Å². The molecule has 84 valence electrons. The van der Waals surface area contributed by atoms with Crippen LogP contribution in [-0.2, 0) is 14.9 Å². The van der Waals surface area contributed by atoms with Crippen LogP contribution in [0.15, 0.2) is 0 Å². The molecule has 0 saturated carbocycles. The van der Waals surface area contributed by atoms with E-state index in [-0.39, 0.29) is 5.97 Å². The molecule has 0 amide bonds.